The molecule has 0 saturated carbocycles. The Bertz CT molecular complexity index is 1770. The Kier molecular flexibility index (Phi) is 10.7. The van der Waals surface area contributed by atoms with Gasteiger partial charge in [0.1, 0.15) is 0 Å². The molecule has 2 atom stereocenters. The summed E-state index contributed by atoms with van der Waals surface area (Å²) in [5.74, 6) is 0. The molecule has 0 radical (unpaired) electrons. The Morgan fingerprint density at radius 1 is 0.800 bits per heavy atom. The zero-order valence-corrected chi connectivity index (χ0v) is 30.7. The van der Waals surface area contributed by atoms with Crippen LogP contribution < -0.4 is 0 Å². The van der Waals surface area contributed by atoms with E-state index in [-0.39, 0.29) is 5.41 Å². The smallest absolute Gasteiger partial charge is 0.0557 e. The van der Waals surface area contributed by atoms with Crippen molar-refractivity contribution in [2.75, 3.05) is 0 Å². The molecule has 6 aliphatic rings. The van der Waals surface area contributed by atoms with E-state index < -0.39 is 0 Å². The van der Waals surface area contributed by atoms with Crippen molar-refractivity contribution in [2.45, 2.75) is 115 Å². The molecule has 0 heterocycles. The van der Waals surface area contributed by atoms with Crippen LogP contribution >= 0.6 is 0 Å². The molecule has 6 aliphatic carbocycles. The van der Waals surface area contributed by atoms with Gasteiger partial charge in [0.2, 0.25) is 0 Å². The number of benzene rings is 1. The molecule has 0 saturated heterocycles. The monoisotopic (exact) mass is 660 g/mol. The lowest BCUT2D eigenvalue weighted by molar-refractivity contribution is 0.335. The molecule has 0 aliphatic heterocycles. The highest BCUT2D eigenvalue weighted by molar-refractivity contribution is 5.90. The third-order valence-corrected chi connectivity index (χ3v) is 11.4. The van der Waals surface area contributed by atoms with E-state index in [1.165, 1.54) is 50.5 Å². The molecule has 0 spiro atoms. The predicted molar refractivity (Wildman–Crippen MR) is 214 cm³/mol. The van der Waals surface area contributed by atoms with Crippen molar-refractivity contribution in [3.05, 3.63) is 173 Å². The normalized spacial score (nSPS) is 23.6. The topological polar surface area (TPSA) is 6.48 Å². The Labute approximate surface area is 302 Å². The first-order chi connectivity index (χ1) is 24.5. The maximum atomic E-state index is 2.64. The second-order valence-electron chi connectivity index (χ2n) is 15.1. The van der Waals surface area contributed by atoms with E-state index in [0.29, 0.717) is 12.1 Å². The van der Waals surface area contributed by atoms with Gasteiger partial charge in [-0.05, 0) is 130 Å². The first-order valence-electron chi connectivity index (χ1n) is 19.4. The van der Waals surface area contributed by atoms with Gasteiger partial charge in [-0.15, -0.1) is 0 Å². The molecule has 1 aromatic carbocycles. The number of nitrogens with zero attached hydrogens (tertiary/aromatic N) is 2. The van der Waals surface area contributed by atoms with E-state index in [0.717, 1.165) is 77.0 Å². The molecule has 0 bridgehead atoms. The summed E-state index contributed by atoms with van der Waals surface area (Å²) in [6.07, 6.45) is 55.6. The molecule has 0 fully saturated rings. The van der Waals surface area contributed by atoms with E-state index >= 15 is 0 Å². The quantitative estimate of drug-likeness (QED) is 0.163. The van der Waals surface area contributed by atoms with Crippen LogP contribution in [0.1, 0.15) is 108 Å². The Morgan fingerprint density at radius 3 is 2.26 bits per heavy atom. The van der Waals surface area contributed by atoms with Gasteiger partial charge < -0.3 is 9.80 Å². The average Bonchev–Trinajstić information content (AvgIpc) is 3.39. The summed E-state index contributed by atoms with van der Waals surface area (Å²) in [5.41, 5.74) is 13.1. The van der Waals surface area contributed by atoms with Crippen LogP contribution in [0.4, 0.5) is 0 Å². The minimum Gasteiger partial charge on any atom is -0.342 e. The summed E-state index contributed by atoms with van der Waals surface area (Å²) >= 11 is 0. The standard InChI is InChI=1S/C48H56N2/c1-4-5-6-7-17-34-49(39-18-11-8-12-19-39)43-31-33-45-44-32-28-38(35-46(44)48(2,3)47(45)36-43)25-24-37-26-29-42(30-27-37)50(40-20-13-9-14-21-40)41-22-15-10-16-23-41/h4-5,9-11,13,15,17-20,22,26-29,32-36,42-43H,6-8,12,14,16,21,23-25,30-31H2,1-3H3/b5-4-,34-17+. The summed E-state index contributed by atoms with van der Waals surface area (Å²) in [6.45, 7) is 6.98. The molecule has 7 rings (SSSR count). The average molecular weight is 661 g/mol. The van der Waals surface area contributed by atoms with E-state index in [1.807, 2.05) is 0 Å². The summed E-state index contributed by atoms with van der Waals surface area (Å²) < 4.78 is 0. The zero-order chi connectivity index (χ0) is 34.3. The van der Waals surface area contributed by atoms with E-state index in [9.17, 15) is 0 Å². The number of fused-ring (bicyclic) bond motifs is 3. The van der Waals surface area contributed by atoms with Gasteiger partial charge in [-0.3, -0.25) is 0 Å². The van der Waals surface area contributed by atoms with Crippen molar-refractivity contribution in [3.63, 3.8) is 0 Å². The number of hydrogen-bond donors (Lipinski definition) is 0. The van der Waals surface area contributed by atoms with Crippen molar-refractivity contribution in [1.29, 1.82) is 0 Å². The fourth-order valence-corrected chi connectivity index (χ4v) is 8.57. The van der Waals surface area contributed by atoms with E-state index in [1.54, 1.807) is 0 Å². The number of rotatable bonds is 12. The Morgan fingerprint density at radius 2 is 1.58 bits per heavy atom. The van der Waals surface area contributed by atoms with Gasteiger partial charge in [0.05, 0.1) is 12.1 Å². The second kappa shape index (κ2) is 15.7. The lowest BCUT2D eigenvalue weighted by atomic mass is 9.79. The van der Waals surface area contributed by atoms with Crippen LogP contribution in [-0.2, 0) is 11.8 Å². The van der Waals surface area contributed by atoms with Gasteiger partial charge in [0.25, 0.3) is 0 Å². The summed E-state index contributed by atoms with van der Waals surface area (Å²) in [6, 6.07) is 8.07. The van der Waals surface area contributed by atoms with Crippen LogP contribution in [0.3, 0.4) is 0 Å². The van der Waals surface area contributed by atoms with Crippen LogP contribution in [0.15, 0.2) is 156 Å². The van der Waals surface area contributed by atoms with Gasteiger partial charge in [0, 0.05) is 28.7 Å². The maximum absolute atomic E-state index is 2.64. The Balaban J connectivity index is 1.04. The third-order valence-electron chi connectivity index (χ3n) is 11.4. The number of allylic oxidation sites excluding steroid dienone is 18. The van der Waals surface area contributed by atoms with Gasteiger partial charge >= 0.3 is 0 Å². The van der Waals surface area contributed by atoms with Crippen LogP contribution in [0.2, 0.25) is 0 Å². The fraction of sp³-hybridized carbons (Fsp3) is 0.375. The van der Waals surface area contributed by atoms with Gasteiger partial charge in [-0.25, -0.2) is 0 Å². The molecular formula is C48H56N2. The molecule has 2 nitrogen and oxygen atoms in total. The molecular weight excluding hydrogens is 605 g/mol. The van der Waals surface area contributed by atoms with Crippen LogP contribution in [0, 0.1) is 0 Å². The van der Waals surface area contributed by atoms with Crippen molar-refractivity contribution in [1.82, 2.24) is 9.80 Å². The highest BCUT2D eigenvalue weighted by Gasteiger charge is 2.40. The van der Waals surface area contributed by atoms with E-state index in [4.69, 9.17) is 0 Å². The van der Waals surface area contributed by atoms with Crippen molar-refractivity contribution in [3.8, 4) is 0 Å². The minimum atomic E-state index is -0.0133. The lowest BCUT2D eigenvalue weighted by Gasteiger charge is -2.38. The predicted octanol–water partition coefficient (Wildman–Crippen LogP) is 12.4. The SMILES string of the molecule is C/C=C\CC/C=C/N(C1=CCCC=C1)C1C=C2C(=CC1)c1ccc(CCC3=CCC(N(C4=CC=CCC4)C4=CC=CCC4)C=C3)cc1C2(C)C. The molecule has 50 heavy (non-hydrogen) atoms. The first-order valence-corrected chi connectivity index (χ1v) is 19.4. The van der Waals surface area contributed by atoms with Gasteiger partial charge in [-0.2, -0.15) is 0 Å². The Hall–Kier alpha value is -4.30. The second-order valence-corrected chi connectivity index (χ2v) is 15.1. The number of aryl methyl sites for hydroxylation is 1. The van der Waals surface area contributed by atoms with Crippen molar-refractivity contribution < 1.29 is 0 Å². The maximum Gasteiger partial charge on any atom is 0.0557 e. The highest BCUT2D eigenvalue weighted by Crippen LogP contribution is 2.52. The number of hydrogen-bond acceptors (Lipinski definition) is 2. The molecule has 0 amide bonds. The molecule has 1 aromatic rings. The summed E-state index contributed by atoms with van der Waals surface area (Å²) in [4.78, 5) is 5.16. The van der Waals surface area contributed by atoms with Gasteiger partial charge in [-0.1, -0.05) is 123 Å². The highest BCUT2D eigenvalue weighted by atomic mass is 15.2. The lowest BCUT2D eigenvalue weighted by Crippen LogP contribution is -2.34. The molecule has 258 valence electrons. The summed E-state index contributed by atoms with van der Waals surface area (Å²) in [5, 5.41) is 0. The number of unbranched alkanes of at least 4 members (excludes halogenated alkanes) is 1. The van der Waals surface area contributed by atoms with Crippen LogP contribution in [0.25, 0.3) is 5.57 Å². The molecule has 0 aromatic heterocycles. The minimum absolute atomic E-state index is 0.0133. The first kappa shape index (κ1) is 34.2. The van der Waals surface area contributed by atoms with E-state index in [2.05, 4.69) is 158 Å². The fourth-order valence-electron chi connectivity index (χ4n) is 8.57. The van der Waals surface area contributed by atoms with Crippen molar-refractivity contribution >= 4 is 5.57 Å². The molecule has 0 N–H and O–H groups in total. The third kappa shape index (κ3) is 7.41. The molecule has 2 unspecified atom stereocenters. The molecule has 2 heteroatoms. The summed E-state index contributed by atoms with van der Waals surface area (Å²) in [7, 11) is 0. The van der Waals surface area contributed by atoms with Crippen LogP contribution in [-0.4, -0.2) is 21.9 Å². The zero-order valence-electron chi connectivity index (χ0n) is 30.7. The van der Waals surface area contributed by atoms with Gasteiger partial charge in [0.15, 0.2) is 0 Å². The largest absolute Gasteiger partial charge is 0.342 e. The van der Waals surface area contributed by atoms with Crippen molar-refractivity contribution in [2.24, 2.45) is 0 Å². The van der Waals surface area contributed by atoms with Crippen LogP contribution in [0.5, 0.6) is 0 Å².